The van der Waals surface area contributed by atoms with Crippen LogP contribution in [-0.4, -0.2) is 35.2 Å². The first-order valence-corrected chi connectivity index (χ1v) is 14.3. The lowest BCUT2D eigenvalue weighted by atomic mass is 9.92. The Morgan fingerprint density at radius 3 is 2.50 bits per heavy atom. The molecule has 3 N–H and O–H groups in total. The van der Waals surface area contributed by atoms with E-state index in [-0.39, 0.29) is 17.0 Å². The van der Waals surface area contributed by atoms with Crippen molar-refractivity contribution in [3.05, 3.63) is 46.2 Å². The van der Waals surface area contributed by atoms with E-state index in [0.717, 1.165) is 31.9 Å². The molecule has 0 spiro atoms. The minimum absolute atomic E-state index is 0.0865. The lowest BCUT2D eigenvalue weighted by Gasteiger charge is -2.35. The van der Waals surface area contributed by atoms with Gasteiger partial charge >= 0.3 is 0 Å². The Hall–Kier alpha value is -1.46. The molecule has 1 aliphatic rings. The highest BCUT2D eigenvalue weighted by molar-refractivity contribution is 7.92. The summed E-state index contributed by atoms with van der Waals surface area (Å²) in [7, 11) is -7.17. The van der Waals surface area contributed by atoms with Crippen molar-refractivity contribution in [2.75, 3.05) is 11.0 Å². The highest BCUT2D eigenvalue weighted by atomic mass is 32.2. The molecule has 2 heterocycles. The summed E-state index contributed by atoms with van der Waals surface area (Å²) < 4.78 is 53.6. The standard InChI is InChI=1S/C20H29N3O4S3/c1-4-5-6-17-13-15-11-12-28-20(15)19(21-17)14(2)22-30(26,27)18-9-7-16(8-10-18)23-29(3,24)25/h7-12,14,17,19,21-23H,4-6,13H2,1-3H3. The largest absolute Gasteiger partial charge is 0.305 e. The van der Waals surface area contributed by atoms with Crippen molar-refractivity contribution in [1.29, 1.82) is 0 Å². The van der Waals surface area contributed by atoms with E-state index in [1.807, 2.05) is 6.92 Å². The van der Waals surface area contributed by atoms with Gasteiger partial charge in [0.25, 0.3) is 0 Å². The number of anilines is 1. The Bertz CT molecular complexity index is 1060. The molecule has 0 saturated heterocycles. The summed E-state index contributed by atoms with van der Waals surface area (Å²) in [5.74, 6) is 0. The van der Waals surface area contributed by atoms with Crippen LogP contribution < -0.4 is 14.8 Å². The average molecular weight is 472 g/mol. The Morgan fingerprint density at radius 2 is 1.87 bits per heavy atom. The predicted octanol–water partition coefficient (Wildman–Crippen LogP) is 3.23. The first-order valence-electron chi connectivity index (χ1n) is 10.0. The van der Waals surface area contributed by atoms with E-state index in [2.05, 4.69) is 33.1 Å². The van der Waals surface area contributed by atoms with Crippen LogP contribution in [0.2, 0.25) is 0 Å². The Labute approximate surface area is 183 Å². The van der Waals surface area contributed by atoms with Gasteiger partial charge in [-0.3, -0.25) is 4.72 Å². The lowest BCUT2D eigenvalue weighted by Crippen LogP contribution is -2.48. The molecule has 7 nitrogen and oxygen atoms in total. The molecule has 0 bridgehead atoms. The third-order valence-corrected chi connectivity index (χ3v) is 8.38. The van der Waals surface area contributed by atoms with Crippen LogP contribution in [0.3, 0.4) is 0 Å². The second kappa shape index (κ2) is 9.35. The van der Waals surface area contributed by atoms with Crippen LogP contribution >= 0.6 is 11.3 Å². The van der Waals surface area contributed by atoms with Gasteiger partial charge < -0.3 is 5.32 Å². The SMILES string of the molecule is CCCCC1Cc2ccsc2C(C(C)NS(=O)(=O)c2ccc(NS(C)(=O)=O)cc2)N1. The quantitative estimate of drug-likeness (QED) is 0.521. The fourth-order valence-corrected chi connectivity index (χ4v) is 6.67. The number of rotatable bonds is 9. The van der Waals surface area contributed by atoms with E-state index in [1.54, 1.807) is 11.3 Å². The smallest absolute Gasteiger partial charge is 0.240 e. The van der Waals surface area contributed by atoms with Crippen molar-refractivity contribution in [3.8, 4) is 0 Å². The molecule has 3 rings (SSSR count). The first kappa shape index (κ1) is 23.2. The van der Waals surface area contributed by atoms with E-state index >= 15 is 0 Å². The fraction of sp³-hybridized carbons (Fsp3) is 0.500. The van der Waals surface area contributed by atoms with Crippen LogP contribution in [0, 0.1) is 0 Å². The Morgan fingerprint density at radius 1 is 1.17 bits per heavy atom. The highest BCUT2D eigenvalue weighted by Crippen LogP contribution is 2.34. The van der Waals surface area contributed by atoms with Gasteiger partial charge in [0.15, 0.2) is 0 Å². The van der Waals surface area contributed by atoms with Gasteiger partial charge in [0, 0.05) is 22.6 Å². The zero-order valence-corrected chi connectivity index (χ0v) is 19.8. The van der Waals surface area contributed by atoms with E-state index < -0.39 is 20.0 Å². The summed E-state index contributed by atoms with van der Waals surface area (Å²) in [4.78, 5) is 1.28. The molecule has 3 atom stereocenters. The van der Waals surface area contributed by atoms with Gasteiger partial charge in [-0.1, -0.05) is 19.8 Å². The van der Waals surface area contributed by atoms with Gasteiger partial charge in [0.05, 0.1) is 17.2 Å². The summed E-state index contributed by atoms with van der Waals surface area (Å²) in [6.45, 7) is 4.05. The van der Waals surface area contributed by atoms with Crippen LogP contribution in [0.4, 0.5) is 5.69 Å². The maximum absolute atomic E-state index is 12.9. The van der Waals surface area contributed by atoms with Gasteiger partial charge in [-0.25, -0.2) is 21.6 Å². The molecule has 0 saturated carbocycles. The van der Waals surface area contributed by atoms with E-state index in [9.17, 15) is 16.8 Å². The van der Waals surface area contributed by atoms with Crippen molar-refractivity contribution in [3.63, 3.8) is 0 Å². The number of fused-ring (bicyclic) bond motifs is 1. The van der Waals surface area contributed by atoms with Crippen LogP contribution in [0.1, 0.15) is 49.6 Å². The van der Waals surface area contributed by atoms with Gasteiger partial charge in [-0.05, 0) is 61.0 Å². The molecule has 166 valence electrons. The van der Waals surface area contributed by atoms with Gasteiger partial charge in [0.1, 0.15) is 0 Å². The van der Waals surface area contributed by atoms with Gasteiger partial charge in [0.2, 0.25) is 20.0 Å². The second-order valence-corrected chi connectivity index (χ2v) is 12.2. The van der Waals surface area contributed by atoms with Crippen molar-refractivity contribution >= 4 is 37.1 Å². The number of hydrogen-bond donors (Lipinski definition) is 3. The molecule has 10 heteroatoms. The number of unbranched alkanes of at least 4 members (excludes halogenated alkanes) is 1. The van der Waals surface area contributed by atoms with Crippen molar-refractivity contribution in [2.45, 2.75) is 62.6 Å². The number of benzene rings is 1. The molecule has 1 aromatic heterocycles. The Kier molecular flexibility index (Phi) is 7.24. The molecule has 2 aromatic rings. The predicted molar refractivity (Wildman–Crippen MR) is 122 cm³/mol. The molecule has 30 heavy (non-hydrogen) atoms. The minimum Gasteiger partial charge on any atom is -0.305 e. The molecular weight excluding hydrogens is 442 g/mol. The van der Waals surface area contributed by atoms with E-state index in [0.29, 0.717) is 11.7 Å². The zero-order valence-electron chi connectivity index (χ0n) is 17.4. The summed E-state index contributed by atoms with van der Waals surface area (Å²) in [6, 6.07) is 7.73. The molecule has 0 radical (unpaired) electrons. The third kappa shape index (κ3) is 5.82. The molecule has 1 aromatic carbocycles. The normalized spacial score (nSPS) is 20.5. The third-order valence-electron chi connectivity index (χ3n) is 5.16. The average Bonchev–Trinajstić information content (AvgIpc) is 3.13. The molecule has 0 fully saturated rings. The summed E-state index contributed by atoms with van der Waals surface area (Å²) in [5.41, 5.74) is 1.62. The summed E-state index contributed by atoms with van der Waals surface area (Å²) >= 11 is 1.65. The van der Waals surface area contributed by atoms with Gasteiger partial charge in [-0.15, -0.1) is 11.3 Å². The maximum atomic E-state index is 12.9. The molecule has 0 aliphatic carbocycles. The van der Waals surface area contributed by atoms with Crippen LogP contribution in [0.25, 0.3) is 0 Å². The lowest BCUT2D eigenvalue weighted by molar-refractivity contribution is 0.341. The zero-order chi connectivity index (χ0) is 21.9. The Balaban J connectivity index is 1.75. The van der Waals surface area contributed by atoms with Crippen LogP contribution in [0.5, 0.6) is 0 Å². The number of thiophene rings is 1. The van der Waals surface area contributed by atoms with Crippen molar-refractivity contribution in [2.24, 2.45) is 0 Å². The van der Waals surface area contributed by atoms with E-state index in [1.165, 1.54) is 34.7 Å². The number of sulfonamides is 2. The second-order valence-electron chi connectivity index (χ2n) is 7.81. The molecular formula is C20H29N3O4S3. The number of hydrogen-bond acceptors (Lipinski definition) is 6. The van der Waals surface area contributed by atoms with Crippen molar-refractivity contribution in [1.82, 2.24) is 10.0 Å². The summed E-state index contributed by atoms with van der Waals surface area (Å²) in [6.07, 6.45) is 5.36. The maximum Gasteiger partial charge on any atom is 0.240 e. The monoisotopic (exact) mass is 471 g/mol. The molecule has 0 amide bonds. The highest BCUT2D eigenvalue weighted by Gasteiger charge is 2.32. The fourth-order valence-electron chi connectivity index (χ4n) is 3.75. The molecule has 1 aliphatic heterocycles. The van der Waals surface area contributed by atoms with Gasteiger partial charge in [-0.2, -0.15) is 0 Å². The first-order chi connectivity index (χ1) is 14.1. The van der Waals surface area contributed by atoms with E-state index in [4.69, 9.17) is 0 Å². The topological polar surface area (TPSA) is 104 Å². The minimum atomic E-state index is -3.75. The van der Waals surface area contributed by atoms with Crippen molar-refractivity contribution < 1.29 is 16.8 Å². The molecule has 3 unspecified atom stereocenters. The van der Waals surface area contributed by atoms with Crippen LogP contribution in [-0.2, 0) is 26.5 Å². The summed E-state index contributed by atoms with van der Waals surface area (Å²) in [5, 5.41) is 5.71. The number of nitrogens with one attached hydrogen (secondary N) is 3. The van der Waals surface area contributed by atoms with Crippen LogP contribution in [0.15, 0.2) is 40.6 Å².